The van der Waals surface area contributed by atoms with Crippen molar-refractivity contribution in [3.8, 4) is 5.75 Å². The van der Waals surface area contributed by atoms with Crippen LogP contribution in [0.2, 0.25) is 0 Å². The van der Waals surface area contributed by atoms with E-state index in [0.29, 0.717) is 15.8 Å². The van der Waals surface area contributed by atoms with E-state index in [4.69, 9.17) is 4.74 Å². The van der Waals surface area contributed by atoms with Crippen molar-refractivity contribution < 1.29 is 27.1 Å². The van der Waals surface area contributed by atoms with Crippen LogP contribution in [0.15, 0.2) is 22.7 Å². The largest absolute Gasteiger partial charge is 0.496 e. The number of hydrogen-bond acceptors (Lipinski definition) is 2. The van der Waals surface area contributed by atoms with Gasteiger partial charge < -0.3 is 10.1 Å². The summed E-state index contributed by atoms with van der Waals surface area (Å²) in [6, 6.07) is 3.79. The van der Waals surface area contributed by atoms with E-state index in [9.17, 15) is 22.4 Å². The van der Waals surface area contributed by atoms with Crippen LogP contribution >= 0.6 is 15.9 Å². The molecule has 0 heterocycles. The number of methoxy groups -OCH3 is 1. The Hall–Kier alpha value is -1.31. The zero-order chi connectivity index (χ0) is 15.5. The van der Waals surface area contributed by atoms with Crippen LogP contribution < -0.4 is 10.1 Å². The molecule has 0 aromatic heterocycles. The number of carbonyl (C=O) groups is 1. The maximum Gasteiger partial charge on any atom is 0.383 e. The smallest absolute Gasteiger partial charge is 0.383 e. The number of halogens is 5. The van der Waals surface area contributed by atoms with E-state index >= 15 is 0 Å². The van der Waals surface area contributed by atoms with Gasteiger partial charge in [0.25, 0.3) is 5.91 Å². The fraction of sp³-hybridized carbons (Fsp3) is 0.417. The van der Waals surface area contributed by atoms with Crippen LogP contribution in [0.3, 0.4) is 0 Å². The first-order valence-electron chi connectivity index (χ1n) is 5.50. The molecular formula is C12H12BrF4NO2. The van der Waals surface area contributed by atoms with Gasteiger partial charge in [0.15, 0.2) is 0 Å². The summed E-state index contributed by atoms with van der Waals surface area (Å²) in [6.45, 7) is 1.41. The molecule has 3 nitrogen and oxygen atoms in total. The number of rotatable bonds is 5. The first-order chi connectivity index (χ1) is 9.20. The number of carbonyl (C=O) groups excluding carboxylic acids is 1. The Labute approximate surface area is 121 Å². The van der Waals surface area contributed by atoms with Gasteiger partial charge >= 0.3 is 12.3 Å². The van der Waals surface area contributed by atoms with E-state index < -0.39 is 24.3 Å². The van der Waals surface area contributed by atoms with Gasteiger partial charge in [-0.15, -0.1) is 0 Å². The van der Waals surface area contributed by atoms with Gasteiger partial charge in [0.1, 0.15) is 5.75 Å². The number of ether oxygens (including phenoxy) is 1. The fourth-order valence-electron chi connectivity index (χ4n) is 1.43. The number of alkyl halides is 4. The maximum atomic E-state index is 12.8. The fourth-order valence-corrected chi connectivity index (χ4v) is 1.99. The van der Waals surface area contributed by atoms with Gasteiger partial charge in [-0.25, -0.2) is 8.78 Å². The summed E-state index contributed by atoms with van der Waals surface area (Å²) in [5.41, 5.74) is 0.469. The Morgan fingerprint density at radius 2 is 2.00 bits per heavy atom. The molecule has 0 spiro atoms. The topological polar surface area (TPSA) is 38.3 Å². The minimum Gasteiger partial charge on any atom is -0.496 e. The zero-order valence-electron chi connectivity index (χ0n) is 10.6. The minimum atomic E-state index is -4.71. The summed E-state index contributed by atoms with van der Waals surface area (Å²) in [5.74, 6) is -6.20. The summed E-state index contributed by atoms with van der Waals surface area (Å²) in [6.07, 6.45) is -4.04. The first kappa shape index (κ1) is 16.7. The number of hydrogen-bond donors (Lipinski definition) is 1. The average Bonchev–Trinajstić information content (AvgIpc) is 2.38. The van der Waals surface area contributed by atoms with Crippen LogP contribution in [0.4, 0.5) is 17.6 Å². The third kappa shape index (κ3) is 3.62. The quantitative estimate of drug-likeness (QED) is 0.818. The van der Waals surface area contributed by atoms with Crippen LogP contribution in [0.5, 0.6) is 5.75 Å². The average molecular weight is 358 g/mol. The zero-order valence-corrected chi connectivity index (χ0v) is 12.2. The lowest BCUT2D eigenvalue weighted by Crippen LogP contribution is -2.45. The van der Waals surface area contributed by atoms with E-state index in [-0.39, 0.29) is 0 Å². The SMILES string of the molecule is COc1ccc(C(C)NC(=O)C(F)(F)C(F)F)cc1Br. The predicted molar refractivity (Wildman–Crippen MR) is 68.2 cm³/mol. The lowest BCUT2D eigenvalue weighted by atomic mass is 10.1. The van der Waals surface area contributed by atoms with E-state index in [1.54, 1.807) is 12.1 Å². The molecule has 0 saturated carbocycles. The van der Waals surface area contributed by atoms with E-state index in [1.807, 2.05) is 5.32 Å². The third-order valence-electron chi connectivity index (χ3n) is 2.60. The Morgan fingerprint density at radius 3 is 2.45 bits per heavy atom. The second-order valence-corrected chi connectivity index (χ2v) is 4.87. The molecule has 1 amide bonds. The van der Waals surface area contributed by atoms with Gasteiger partial charge in [-0.2, -0.15) is 8.78 Å². The number of benzene rings is 1. The lowest BCUT2D eigenvalue weighted by molar-refractivity contribution is -0.170. The molecule has 0 aliphatic carbocycles. The Kier molecular flexibility index (Phi) is 5.38. The molecule has 1 atom stereocenters. The highest BCUT2D eigenvalue weighted by Gasteiger charge is 2.49. The van der Waals surface area contributed by atoms with Crippen molar-refractivity contribution in [1.29, 1.82) is 0 Å². The first-order valence-corrected chi connectivity index (χ1v) is 6.29. The van der Waals surface area contributed by atoms with Crippen molar-refractivity contribution in [3.63, 3.8) is 0 Å². The van der Waals surface area contributed by atoms with Crippen LogP contribution in [-0.4, -0.2) is 25.4 Å². The van der Waals surface area contributed by atoms with Crippen LogP contribution in [0.25, 0.3) is 0 Å². The highest BCUT2D eigenvalue weighted by molar-refractivity contribution is 9.10. The predicted octanol–water partition coefficient (Wildman–Crippen LogP) is 3.54. The Morgan fingerprint density at radius 1 is 1.40 bits per heavy atom. The molecule has 0 bridgehead atoms. The van der Waals surface area contributed by atoms with Crippen LogP contribution in [-0.2, 0) is 4.79 Å². The normalized spacial score (nSPS) is 13.2. The van der Waals surface area contributed by atoms with Crippen LogP contribution in [0.1, 0.15) is 18.5 Å². The second-order valence-electron chi connectivity index (χ2n) is 4.01. The lowest BCUT2D eigenvalue weighted by Gasteiger charge is -2.20. The standard InChI is InChI=1S/C12H12BrF4NO2/c1-6(18-11(19)12(16,17)10(14)15)7-3-4-9(20-2)8(13)5-7/h3-6,10H,1-2H3,(H,18,19). The van der Waals surface area contributed by atoms with Crippen molar-refractivity contribution >= 4 is 21.8 Å². The second kappa shape index (κ2) is 6.43. The highest BCUT2D eigenvalue weighted by Crippen LogP contribution is 2.29. The molecule has 0 aliphatic rings. The Bertz CT molecular complexity index is 496. The summed E-state index contributed by atoms with van der Waals surface area (Å²) in [5, 5.41) is 1.85. The number of amides is 1. The van der Waals surface area contributed by atoms with Crippen molar-refractivity contribution in [2.24, 2.45) is 0 Å². The molecule has 1 rings (SSSR count). The van der Waals surface area contributed by atoms with Gasteiger partial charge in [-0.05, 0) is 40.5 Å². The molecular weight excluding hydrogens is 346 g/mol. The molecule has 1 aromatic carbocycles. The van der Waals surface area contributed by atoms with Crippen molar-refractivity contribution in [2.45, 2.75) is 25.3 Å². The molecule has 112 valence electrons. The summed E-state index contributed by atoms with van der Waals surface area (Å²) < 4.78 is 55.3. The Balaban J connectivity index is 2.84. The molecule has 1 aromatic rings. The van der Waals surface area contributed by atoms with Crippen LogP contribution in [0, 0.1) is 0 Å². The van der Waals surface area contributed by atoms with Crippen molar-refractivity contribution in [3.05, 3.63) is 28.2 Å². The molecule has 0 fully saturated rings. The van der Waals surface area contributed by atoms with Gasteiger partial charge in [-0.1, -0.05) is 6.07 Å². The molecule has 8 heteroatoms. The van der Waals surface area contributed by atoms with E-state index in [0.717, 1.165) is 0 Å². The molecule has 1 N–H and O–H groups in total. The summed E-state index contributed by atoms with van der Waals surface area (Å²) in [7, 11) is 1.45. The van der Waals surface area contributed by atoms with E-state index in [2.05, 4.69) is 15.9 Å². The summed E-state index contributed by atoms with van der Waals surface area (Å²) >= 11 is 3.20. The minimum absolute atomic E-state index is 0.469. The maximum absolute atomic E-state index is 12.8. The molecule has 20 heavy (non-hydrogen) atoms. The van der Waals surface area contributed by atoms with Crippen molar-refractivity contribution in [2.75, 3.05) is 7.11 Å². The molecule has 0 aliphatic heterocycles. The highest BCUT2D eigenvalue weighted by atomic mass is 79.9. The monoisotopic (exact) mass is 357 g/mol. The van der Waals surface area contributed by atoms with Gasteiger partial charge in [0.2, 0.25) is 0 Å². The third-order valence-corrected chi connectivity index (χ3v) is 3.22. The molecule has 0 radical (unpaired) electrons. The molecule has 1 unspecified atom stereocenters. The summed E-state index contributed by atoms with van der Waals surface area (Å²) in [4.78, 5) is 11.1. The van der Waals surface area contributed by atoms with Crippen molar-refractivity contribution in [1.82, 2.24) is 5.32 Å². The van der Waals surface area contributed by atoms with Gasteiger partial charge in [0, 0.05) is 0 Å². The van der Waals surface area contributed by atoms with Gasteiger partial charge in [0.05, 0.1) is 17.6 Å². The van der Waals surface area contributed by atoms with Gasteiger partial charge in [-0.3, -0.25) is 4.79 Å². The number of nitrogens with one attached hydrogen (secondary N) is 1. The molecule has 0 saturated heterocycles. The van der Waals surface area contributed by atoms with E-state index in [1.165, 1.54) is 20.1 Å².